The third-order valence-electron chi connectivity index (χ3n) is 3.50. The number of aromatic nitrogens is 1. The summed E-state index contributed by atoms with van der Waals surface area (Å²) in [5.41, 5.74) is 0.702. The van der Waals surface area contributed by atoms with Crippen LogP contribution in [0.15, 0.2) is 71.6 Å². The van der Waals surface area contributed by atoms with Gasteiger partial charge in [-0.15, -0.1) is 0 Å². The summed E-state index contributed by atoms with van der Waals surface area (Å²) in [5.74, 6) is -0.507. The largest absolute Gasteiger partial charge is 0.320 e. The number of anilines is 2. The van der Waals surface area contributed by atoms with Gasteiger partial charge in [0.05, 0.1) is 16.3 Å². The number of halogens is 2. The van der Waals surface area contributed by atoms with E-state index in [4.69, 9.17) is 23.2 Å². The minimum absolute atomic E-state index is 0.0747. The minimum Gasteiger partial charge on any atom is -0.320 e. The van der Waals surface area contributed by atoms with E-state index in [0.717, 1.165) is 0 Å². The zero-order chi connectivity index (χ0) is 19.4. The minimum atomic E-state index is -3.80. The number of rotatable bonds is 5. The molecule has 27 heavy (non-hydrogen) atoms. The van der Waals surface area contributed by atoms with E-state index in [1.165, 1.54) is 24.3 Å². The third kappa shape index (κ3) is 4.77. The van der Waals surface area contributed by atoms with Crippen LogP contribution in [0.3, 0.4) is 0 Å². The van der Waals surface area contributed by atoms with Gasteiger partial charge in [-0.05, 0) is 36.4 Å². The molecule has 0 aliphatic rings. The molecule has 2 N–H and O–H groups in total. The fourth-order valence-electron chi connectivity index (χ4n) is 2.27. The lowest BCUT2D eigenvalue weighted by Gasteiger charge is -2.13. The zero-order valence-corrected chi connectivity index (χ0v) is 16.0. The van der Waals surface area contributed by atoms with Crippen molar-refractivity contribution in [3.05, 3.63) is 82.6 Å². The summed E-state index contributed by atoms with van der Waals surface area (Å²) in [7, 11) is -3.80. The Morgan fingerprint density at radius 3 is 2.04 bits per heavy atom. The Labute approximate surface area is 166 Å². The standard InChI is InChI=1S/C18H13Cl2N3O3S/c19-16-10-12(11-17(20)22-16)18(24)21-14-8-4-5-9-15(14)23-27(25,26)13-6-2-1-3-7-13/h1-11,23H,(H,21,24). The summed E-state index contributed by atoms with van der Waals surface area (Å²) in [6.07, 6.45) is 0. The van der Waals surface area contributed by atoms with Gasteiger partial charge in [0, 0.05) is 5.56 Å². The van der Waals surface area contributed by atoms with Crippen molar-refractivity contribution in [3.8, 4) is 0 Å². The fraction of sp³-hybridized carbons (Fsp3) is 0. The molecular formula is C18H13Cl2N3O3S. The van der Waals surface area contributed by atoms with E-state index in [9.17, 15) is 13.2 Å². The highest BCUT2D eigenvalue weighted by molar-refractivity contribution is 7.92. The van der Waals surface area contributed by atoms with Gasteiger partial charge in [0.1, 0.15) is 10.3 Å². The van der Waals surface area contributed by atoms with Gasteiger partial charge in [-0.2, -0.15) is 0 Å². The Hall–Kier alpha value is -2.61. The lowest BCUT2D eigenvalue weighted by molar-refractivity contribution is 0.102. The van der Waals surface area contributed by atoms with Crippen molar-refractivity contribution < 1.29 is 13.2 Å². The Balaban J connectivity index is 1.87. The molecule has 1 aromatic heterocycles. The van der Waals surface area contributed by atoms with Crippen LogP contribution in [0.25, 0.3) is 0 Å². The second-order valence-electron chi connectivity index (χ2n) is 5.42. The van der Waals surface area contributed by atoms with E-state index in [1.807, 2.05) is 0 Å². The van der Waals surface area contributed by atoms with Gasteiger partial charge in [-0.25, -0.2) is 13.4 Å². The number of hydrogen-bond acceptors (Lipinski definition) is 4. The molecule has 3 rings (SSSR count). The van der Waals surface area contributed by atoms with Crippen molar-refractivity contribution >= 4 is 50.5 Å². The highest BCUT2D eigenvalue weighted by Gasteiger charge is 2.17. The molecule has 0 spiro atoms. The summed E-state index contributed by atoms with van der Waals surface area (Å²) < 4.78 is 27.5. The van der Waals surface area contributed by atoms with Crippen molar-refractivity contribution in [2.24, 2.45) is 0 Å². The number of para-hydroxylation sites is 2. The second-order valence-corrected chi connectivity index (χ2v) is 7.88. The molecule has 3 aromatic rings. The maximum atomic E-state index is 12.5. The van der Waals surface area contributed by atoms with Gasteiger partial charge < -0.3 is 5.32 Å². The van der Waals surface area contributed by atoms with Gasteiger partial charge in [0.2, 0.25) is 0 Å². The molecule has 0 unspecified atom stereocenters. The maximum absolute atomic E-state index is 12.5. The average Bonchev–Trinajstić information content (AvgIpc) is 2.63. The molecule has 6 nitrogen and oxygen atoms in total. The van der Waals surface area contributed by atoms with Crippen LogP contribution in [0.2, 0.25) is 10.3 Å². The first-order valence-corrected chi connectivity index (χ1v) is 9.90. The molecule has 9 heteroatoms. The van der Waals surface area contributed by atoms with Crippen molar-refractivity contribution in [2.45, 2.75) is 4.90 Å². The number of nitrogens with zero attached hydrogens (tertiary/aromatic N) is 1. The van der Waals surface area contributed by atoms with E-state index in [2.05, 4.69) is 15.0 Å². The number of pyridine rings is 1. The molecule has 0 fully saturated rings. The normalized spacial score (nSPS) is 11.0. The van der Waals surface area contributed by atoms with Crippen LogP contribution in [-0.4, -0.2) is 19.3 Å². The van der Waals surface area contributed by atoms with Gasteiger partial charge in [0.15, 0.2) is 0 Å². The number of benzene rings is 2. The summed E-state index contributed by atoms with van der Waals surface area (Å²) in [6, 6.07) is 17.1. The average molecular weight is 422 g/mol. The first-order valence-electron chi connectivity index (χ1n) is 7.66. The smallest absolute Gasteiger partial charge is 0.261 e. The number of hydrogen-bond donors (Lipinski definition) is 2. The number of nitrogens with one attached hydrogen (secondary N) is 2. The number of carbonyl (C=O) groups excluding carboxylic acids is 1. The fourth-order valence-corrected chi connectivity index (χ4v) is 3.84. The van der Waals surface area contributed by atoms with E-state index in [0.29, 0.717) is 0 Å². The molecule has 2 aromatic carbocycles. The van der Waals surface area contributed by atoms with Crippen molar-refractivity contribution in [3.63, 3.8) is 0 Å². The molecule has 0 aliphatic heterocycles. The van der Waals surface area contributed by atoms with E-state index in [-0.39, 0.29) is 32.1 Å². The number of sulfonamides is 1. The summed E-state index contributed by atoms with van der Waals surface area (Å²) in [4.78, 5) is 16.4. The highest BCUT2D eigenvalue weighted by atomic mass is 35.5. The first-order chi connectivity index (χ1) is 12.8. The van der Waals surface area contributed by atoms with Crippen LogP contribution in [0.1, 0.15) is 10.4 Å². The molecule has 0 bridgehead atoms. The Morgan fingerprint density at radius 1 is 0.852 bits per heavy atom. The van der Waals surface area contributed by atoms with Crippen molar-refractivity contribution in [1.29, 1.82) is 0 Å². The van der Waals surface area contributed by atoms with Gasteiger partial charge in [-0.1, -0.05) is 53.5 Å². The SMILES string of the molecule is O=C(Nc1ccccc1NS(=O)(=O)c1ccccc1)c1cc(Cl)nc(Cl)c1. The number of amides is 1. The lowest BCUT2D eigenvalue weighted by Crippen LogP contribution is -2.17. The van der Waals surface area contributed by atoms with Crippen LogP contribution in [-0.2, 0) is 10.0 Å². The maximum Gasteiger partial charge on any atom is 0.261 e. The first kappa shape index (κ1) is 19.2. The van der Waals surface area contributed by atoms with Crippen LogP contribution < -0.4 is 10.0 Å². The topological polar surface area (TPSA) is 88.2 Å². The van der Waals surface area contributed by atoms with Gasteiger partial charge >= 0.3 is 0 Å². The Kier molecular flexibility index (Phi) is 5.65. The predicted octanol–water partition coefficient (Wildman–Crippen LogP) is 4.44. The summed E-state index contributed by atoms with van der Waals surface area (Å²) in [6.45, 7) is 0. The van der Waals surface area contributed by atoms with E-state index >= 15 is 0 Å². The van der Waals surface area contributed by atoms with E-state index in [1.54, 1.807) is 42.5 Å². The Morgan fingerprint density at radius 2 is 1.41 bits per heavy atom. The van der Waals surface area contributed by atoms with Crippen molar-refractivity contribution in [2.75, 3.05) is 10.0 Å². The lowest BCUT2D eigenvalue weighted by atomic mass is 10.2. The number of carbonyl (C=O) groups is 1. The molecular weight excluding hydrogens is 409 g/mol. The molecule has 1 heterocycles. The molecule has 138 valence electrons. The van der Waals surface area contributed by atoms with Gasteiger partial charge in [-0.3, -0.25) is 9.52 Å². The molecule has 0 radical (unpaired) electrons. The zero-order valence-electron chi connectivity index (χ0n) is 13.7. The van der Waals surface area contributed by atoms with Gasteiger partial charge in [0.25, 0.3) is 15.9 Å². The molecule has 0 atom stereocenters. The highest BCUT2D eigenvalue weighted by Crippen LogP contribution is 2.25. The van der Waals surface area contributed by atoms with E-state index < -0.39 is 15.9 Å². The summed E-state index contributed by atoms with van der Waals surface area (Å²) >= 11 is 11.6. The Bertz CT molecular complexity index is 1070. The monoisotopic (exact) mass is 421 g/mol. The summed E-state index contributed by atoms with van der Waals surface area (Å²) in [5, 5.41) is 2.79. The third-order valence-corrected chi connectivity index (χ3v) is 5.27. The molecule has 1 amide bonds. The molecule has 0 aliphatic carbocycles. The molecule has 0 saturated heterocycles. The van der Waals surface area contributed by atoms with Crippen LogP contribution in [0, 0.1) is 0 Å². The molecule has 0 saturated carbocycles. The van der Waals surface area contributed by atoms with Crippen LogP contribution in [0.4, 0.5) is 11.4 Å². The predicted molar refractivity (Wildman–Crippen MR) is 106 cm³/mol. The van der Waals surface area contributed by atoms with Crippen molar-refractivity contribution in [1.82, 2.24) is 4.98 Å². The van der Waals surface area contributed by atoms with Crippen LogP contribution in [0.5, 0.6) is 0 Å². The second kappa shape index (κ2) is 7.96. The quantitative estimate of drug-likeness (QED) is 0.595. The van der Waals surface area contributed by atoms with Crippen LogP contribution >= 0.6 is 23.2 Å².